The van der Waals surface area contributed by atoms with E-state index in [0.717, 1.165) is 44.3 Å². The molecule has 1 aromatic carbocycles. The highest BCUT2D eigenvalue weighted by atomic mass is 16.5. The molecular weight excluding hydrogens is 264 g/mol. The summed E-state index contributed by atoms with van der Waals surface area (Å²) in [6.45, 7) is 2.17. The highest BCUT2D eigenvalue weighted by Crippen LogP contribution is 2.44. The van der Waals surface area contributed by atoms with Gasteiger partial charge in [-0.05, 0) is 49.3 Å². The van der Waals surface area contributed by atoms with E-state index in [-0.39, 0.29) is 0 Å². The van der Waals surface area contributed by atoms with Crippen LogP contribution in [-0.4, -0.2) is 18.2 Å². The van der Waals surface area contributed by atoms with E-state index < -0.39 is 11.4 Å². The number of carbonyl (C=O) groups is 1. The Morgan fingerprint density at radius 2 is 2.10 bits per heavy atom. The summed E-state index contributed by atoms with van der Waals surface area (Å²) in [5.74, 6) is 0.815. The number of benzene rings is 1. The topological polar surface area (TPSA) is 46.5 Å². The van der Waals surface area contributed by atoms with Gasteiger partial charge in [0, 0.05) is 0 Å². The van der Waals surface area contributed by atoms with Crippen molar-refractivity contribution in [2.45, 2.75) is 51.9 Å². The lowest BCUT2D eigenvalue weighted by atomic mass is 9.66. The molecule has 0 bridgehead atoms. The fourth-order valence-corrected chi connectivity index (χ4v) is 3.54. The number of methoxy groups -OCH3 is 1. The normalized spacial score (nSPS) is 25.5. The van der Waals surface area contributed by atoms with E-state index in [4.69, 9.17) is 4.74 Å². The first kappa shape index (κ1) is 15.9. The van der Waals surface area contributed by atoms with Crippen molar-refractivity contribution in [3.63, 3.8) is 0 Å². The van der Waals surface area contributed by atoms with Crippen LogP contribution in [0.2, 0.25) is 0 Å². The van der Waals surface area contributed by atoms with Gasteiger partial charge in [-0.15, -0.1) is 0 Å². The number of carboxylic acid groups (broad SMARTS) is 1. The number of hydrogen-bond acceptors (Lipinski definition) is 2. The van der Waals surface area contributed by atoms with Crippen LogP contribution in [0.15, 0.2) is 24.3 Å². The van der Waals surface area contributed by atoms with Crippen LogP contribution in [0.4, 0.5) is 0 Å². The van der Waals surface area contributed by atoms with Gasteiger partial charge in [0.1, 0.15) is 5.75 Å². The van der Waals surface area contributed by atoms with Crippen molar-refractivity contribution in [2.24, 2.45) is 11.3 Å². The molecule has 0 aromatic heterocycles. The minimum Gasteiger partial charge on any atom is -0.497 e. The van der Waals surface area contributed by atoms with Crippen molar-refractivity contribution in [1.82, 2.24) is 0 Å². The van der Waals surface area contributed by atoms with Gasteiger partial charge in [-0.2, -0.15) is 0 Å². The van der Waals surface area contributed by atoms with Gasteiger partial charge in [0.05, 0.1) is 12.5 Å². The van der Waals surface area contributed by atoms with Crippen LogP contribution in [-0.2, 0) is 11.2 Å². The highest BCUT2D eigenvalue weighted by molar-refractivity contribution is 5.74. The van der Waals surface area contributed by atoms with E-state index in [1.165, 1.54) is 12.0 Å². The first-order valence-corrected chi connectivity index (χ1v) is 7.96. The molecule has 1 fully saturated rings. The fraction of sp³-hybridized carbons (Fsp3) is 0.611. The molecule has 1 N–H and O–H groups in total. The third-order valence-corrected chi connectivity index (χ3v) is 5.03. The van der Waals surface area contributed by atoms with Crippen LogP contribution < -0.4 is 4.74 Å². The Kier molecular flexibility index (Phi) is 5.27. The van der Waals surface area contributed by atoms with Crippen LogP contribution in [0.25, 0.3) is 0 Å². The molecule has 3 nitrogen and oxygen atoms in total. The summed E-state index contributed by atoms with van der Waals surface area (Å²) in [5, 5.41) is 9.74. The predicted molar refractivity (Wildman–Crippen MR) is 83.6 cm³/mol. The number of ether oxygens (including phenoxy) is 1. The van der Waals surface area contributed by atoms with Gasteiger partial charge in [-0.25, -0.2) is 0 Å². The summed E-state index contributed by atoms with van der Waals surface area (Å²) in [5.41, 5.74) is 0.675. The van der Waals surface area contributed by atoms with Gasteiger partial charge in [0.25, 0.3) is 0 Å². The summed E-state index contributed by atoms with van der Waals surface area (Å²) in [7, 11) is 1.65. The van der Waals surface area contributed by atoms with Gasteiger partial charge in [-0.3, -0.25) is 4.79 Å². The van der Waals surface area contributed by atoms with E-state index in [0.29, 0.717) is 5.92 Å². The van der Waals surface area contributed by atoms with Crippen molar-refractivity contribution < 1.29 is 14.6 Å². The van der Waals surface area contributed by atoms with Crippen LogP contribution in [0, 0.1) is 11.3 Å². The lowest BCUT2D eigenvalue weighted by Crippen LogP contribution is -2.36. The maximum atomic E-state index is 11.8. The van der Waals surface area contributed by atoms with Crippen molar-refractivity contribution in [1.29, 1.82) is 0 Å². The number of carboxylic acids is 1. The lowest BCUT2D eigenvalue weighted by molar-refractivity contribution is -0.152. The molecule has 0 spiro atoms. The SMILES string of the molecule is CCC1CCCC(CCc2ccc(OC)cc2)(C(=O)O)C1. The highest BCUT2D eigenvalue weighted by Gasteiger charge is 2.41. The molecule has 0 heterocycles. The second kappa shape index (κ2) is 6.97. The monoisotopic (exact) mass is 290 g/mol. The van der Waals surface area contributed by atoms with Crippen molar-refractivity contribution in [3.8, 4) is 5.75 Å². The van der Waals surface area contributed by atoms with E-state index >= 15 is 0 Å². The minimum absolute atomic E-state index is 0.515. The van der Waals surface area contributed by atoms with Crippen molar-refractivity contribution in [3.05, 3.63) is 29.8 Å². The minimum atomic E-state index is -0.603. The van der Waals surface area contributed by atoms with Crippen LogP contribution in [0.5, 0.6) is 5.75 Å². The Bertz CT molecular complexity index is 466. The molecule has 116 valence electrons. The maximum absolute atomic E-state index is 11.8. The first-order chi connectivity index (χ1) is 10.1. The van der Waals surface area contributed by atoms with Gasteiger partial charge in [-0.1, -0.05) is 38.3 Å². The molecule has 0 aliphatic heterocycles. The Hall–Kier alpha value is -1.51. The average Bonchev–Trinajstić information content (AvgIpc) is 2.53. The number of aliphatic carboxylic acids is 1. The first-order valence-electron chi connectivity index (χ1n) is 7.96. The molecule has 0 amide bonds. The predicted octanol–water partition coefficient (Wildman–Crippen LogP) is 4.30. The van der Waals surface area contributed by atoms with E-state index in [1.54, 1.807) is 7.11 Å². The summed E-state index contributed by atoms with van der Waals surface area (Å²) >= 11 is 0. The molecule has 1 aromatic rings. The Morgan fingerprint density at radius 3 is 2.67 bits per heavy atom. The molecule has 2 atom stereocenters. The maximum Gasteiger partial charge on any atom is 0.309 e. The van der Waals surface area contributed by atoms with Crippen molar-refractivity contribution >= 4 is 5.97 Å². The zero-order valence-corrected chi connectivity index (χ0v) is 13.1. The Balaban J connectivity index is 2.04. The lowest BCUT2D eigenvalue weighted by Gasteiger charge is -2.37. The molecule has 0 saturated heterocycles. The average molecular weight is 290 g/mol. The van der Waals surface area contributed by atoms with E-state index in [2.05, 4.69) is 6.92 Å². The second-order valence-corrected chi connectivity index (χ2v) is 6.30. The van der Waals surface area contributed by atoms with Gasteiger partial charge >= 0.3 is 5.97 Å². The Morgan fingerprint density at radius 1 is 1.38 bits per heavy atom. The largest absolute Gasteiger partial charge is 0.497 e. The molecule has 1 saturated carbocycles. The second-order valence-electron chi connectivity index (χ2n) is 6.30. The zero-order chi connectivity index (χ0) is 15.3. The number of rotatable bonds is 6. The number of aryl methyl sites for hydroxylation is 1. The standard InChI is InChI=1S/C18H26O3/c1-3-14-5-4-11-18(13-14,17(19)20)12-10-15-6-8-16(21-2)9-7-15/h6-9,14H,3-5,10-13H2,1-2H3,(H,19,20). The van der Waals surface area contributed by atoms with Crippen LogP contribution in [0.3, 0.4) is 0 Å². The molecule has 21 heavy (non-hydrogen) atoms. The quantitative estimate of drug-likeness (QED) is 0.849. The molecule has 1 aliphatic rings. The third kappa shape index (κ3) is 3.78. The molecule has 0 radical (unpaired) electrons. The Labute approximate surface area is 127 Å². The molecule has 2 unspecified atom stereocenters. The smallest absolute Gasteiger partial charge is 0.309 e. The fourth-order valence-electron chi connectivity index (χ4n) is 3.54. The zero-order valence-electron chi connectivity index (χ0n) is 13.1. The van der Waals surface area contributed by atoms with Gasteiger partial charge in [0.2, 0.25) is 0 Å². The molecular formula is C18H26O3. The number of hydrogen-bond donors (Lipinski definition) is 1. The summed E-state index contributed by atoms with van der Waals surface area (Å²) in [6.07, 6.45) is 6.57. The van der Waals surface area contributed by atoms with Gasteiger partial charge < -0.3 is 9.84 Å². The third-order valence-electron chi connectivity index (χ3n) is 5.03. The van der Waals surface area contributed by atoms with Gasteiger partial charge in [0.15, 0.2) is 0 Å². The summed E-state index contributed by atoms with van der Waals surface area (Å²) in [6, 6.07) is 7.96. The molecule has 3 heteroatoms. The van der Waals surface area contributed by atoms with Crippen LogP contribution in [0.1, 0.15) is 51.0 Å². The summed E-state index contributed by atoms with van der Waals surface area (Å²) < 4.78 is 5.16. The van der Waals surface area contributed by atoms with Crippen molar-refractivity contribution in [2.75, 3.05) is 7.11 Å². The van der Waals surface area contributed by atoms with Crippen LogP contribution >= 0.6 is 0 Å². The molecule has 1 aliphatic carbocycles. The van der Waals surface area contributed by atoms with E-state index in [9.17, 15) is 9.90 Å². The summed E-state index contributed by atoms with van der Waals surface area (Å²) in [4.78, 5) is 11.8. The molecule has 2 rings (SSSR count). The van der Waals surface area contributed by atoms with E-state index in [1.807, 2.05) is 24.3 Å².